The predicted molar refractivity (Wildman–Crippen MR) is 44.2 cm³/mol. The van der Waals surface area contributed by atoms with Gasteiger partial charge in [-0.05, 0) is 30.6 Å². The molecule has 2 heteroatoms. The van der Waals surface area contributed by atoms with Crippen LogP contribution in [0.4, 0.5) is 8.78 Å². The summed E-state index contributed by atoms with van der Waals surface area (Å²) in [6, 6.07) is 0. The SMILES string of the molecule is C=CC1CC12CCC(F)(F)CC2. The summed E-state index contributed by atoms with van der Waals surface area (Å²) in [7, 11) is 0. The molecule has 1 unspecified atom stereocenters. The van der Waals surface area contributed by atoms with E-state index in [0.29, 0.717) is 18.8 Å². The molecule has 0 aromatic rings. The third kappa shape index (κ3) is 1.17. The number of allylic oxidation sites excluding steroid dienone is 1. The van der Waals surface area contributed by atoms with E-state index in [4.69, 9.17) is 0 Å². The van der Waals surface area contributed by atoms with Crippen molar-refractivity contribution in [2.24, 2.45) is 11.3 Å². The molecule has 2 fully saturated rings. The highest BCUT2D eigenvalue weighted by Gasteiger charge is 2.56. The molecule has 0 aromatic carbocycles. The van der Waals surface area contributed by atoms with E-state index < -0.39 is 5.92 Å². The number of halogens is 2. The average Bonchev–Trinajstić information content (AvgIpc) is 2.72. The van der Waals surface area contributed by atoms with Crippen LogP contribution in [0.25, 0.3) is 0 Å². The zero-order valence-electron chi connectivity index (χ0n) is 7.15. The topological polar surface area (TPSA) is 0 Å². The number of rotatable bonds is 1. The normalized spacial score (nSPS) is 36.3. The van der Waals surface area contributed by atoms with Crippen LogP contribution in [0.2, 0.25) is 0 Å². The largest absolute Gasteiger partial charge is 0.248 e. The molecule has 0 amide bonds. The van der Waals surface area contributed by atoms with Gasteiger partial charge in [0.05, 0.1) is 0 Å². The summed E-state index contributed by atoms with van der Waals surface area (Å²) in [5.74, 6) is -1.84. The van der Waals surface area contributed by atoms with Crippen molar-refractivity contribution in [3.05, 3.63) is 12.7 Å². The van der Waals surface area contributed by atoms with Gasteiger partial charge < -0.3 is 0 Å². The van der Waals surface area contributed by atoms with E-state index in [1.807, 2.05) is 6.08 Å². The first-order valence-electron chi connectivity index (χ1n) is 4.58. The Morgan fingerprint density at radius 1 is 1.17 bits per heavy atom. The third-order valence-corrected chi connectivity index (χ3v) is 3.51. The molecule has 0 bridgehead atoms. The van der Waals surface area contributed by atoms with Crippen LogP contribution in [0.5, 0.6) is 0 Å². The van der Waals surface area contributed by atoms with Crippen LogP contribution in [0, 0.1) is 11.3 Å². The monoisotopic (exact) mass is 172 g/mol. The van der Waals surface area contributed by atoms with Gasteiger partial charge in [-0.25, -0.2) is 8.78 Å². The predicted octanol–water partition coefficient (Wildman–Crippen LogP) is 3.39. The molecule has 0 aliphatic heterocycles. The second kappa shape index (κ2) is 2.30. The van der Waals surface area contributed by atoms with Crippen LogP contribution in [-0.2, 0) is 0 Å². The standard InChI is InChI=1S/C10H14F2/c1-2-8-7-9(8)3-5-10(11,12)6-4-9/h2,8H,1,3-7H2. The quantitative estimate of drug-likeness (QED) is 0.532. The van der Waals surface area contributed by atoms with Gasteiger partial charge in [0.25, 0.3) is 0 Å². The first-order chi connectivity index (χ1) is 5.58. The summed E-state index contributed by atoms with van der Waals surface area (Å²) >= 11 is 0. The summed E-state index contributed by atoms with van der Waals surface area (Å²) in [5.41, 5.74) is 0.253. The van der Waals surface area contributed by atoms with Gasteiger partial charge in [-0.15, -0.1) is 6.58 Å². The second-order valence-corrected chi connectivity index (χ2v) is 4.26. The lowest BCUT2D eigenvalue weighted by Gasteiger charge is -2.28. The van der Waals surface area contributed by atoms with Crippen molar-refractivity contribution in [2.45, 2.75) is 38.0 Å². The van der Waals surface area contributed by atoms with E-state index in [2.05, 4.69) is 6.58 Å². The summed E-state index contributed by atoms with van der Waals surface area (Å²) < 4.78 is 25.6. The van der Waals surface area contributed by atoms with Crippen molar-refractivity contribution in [3.8, 4) is 0 Å². The Kier molecular flexibility index (Phi) is 1.57. The van der Waals surface area contributed by atoms with Gasteiger partial charge >= 0.3 is 0 Å². The molecule has 1 spiro atoms. The van der Waals surface area contributed by atoms with E-state index >= 15 is 0 Å². The molecular formula is C10H14F2. The lowest BCUT2D eigenvalue weighted by atomic mass is 9.82. The molecule has 2 aliphatic carbocycles. The first kappa shape index (κ1) is 8.21. The van der Waals surface area contributed by atoms with Crippen molar-refractivity contribution in [1.82, 2.24) is 0 Å². The van der Waals surface area contributed by atoms with E-state index in [1.54, 1.807) is 0 Å². The minimum absolute atomic E-state index is 0.0946. The highest BCUT2D eigenvalue weighted by atomic mass is 19.3. The molecule has 12 heavy (non-hydrogen) atoms. The average molecular weight is 172 g/mol. The van der Waals surface area contributed by atoms with Gasteiger partial charge in [-0.3, -0.25) is 0 Å². The Morgan fingerprint density at radius 2 is 1.75 bits per heavy atom. The van der Waals surface area contributed by atoms with Crippen molar-refractivity contribution in [3.63, 3.8) is 0 Å². The van der Waals surface area contributed by atoms with Crippen LogP contribution >= 0.6 is 0 Å². The van der Waals surface area contributed by atoms with Crippen LogP contribution in [0.15, 0.2) is 12.7 Å². The van der Waals surface area contributed by atoms with Crippen LogP contribution in [0.3, 0.4) is 0 Å². The fourth-order valence-electron chi connectivity index (χ4n) is 2.40. The van der Waals surface area contributed by atoms with Gasteiger partial charge in [-0.2, -0.15) is 0 Å². The minimum atomic E-state index is -2.38. The Bertz CT molecular complexity index is 198. The molecule has 0 aromatic heterocycles. The smallest absolute Gasteiger partial charge is 0.207 e. The molecule has 0 heterocycles. The van der Waals surface area contributed by atoms with Crippen LogP contribution in [-0.4, -0.2) is 5.92 Å². The fraction of sp³-hybridized carbons (Fsp3) is 0.800. The van der Waals surface area contributed by atoms with E-state index in [1.165, 1.54) is 0 Å². The zero-order valence-corrected chi connectivity index (χ0v) is 7.15. The molecular weight excluding hydrogens is 158 g/mol. The number of hydrogen-bond acceptors (Lipinski definition) is 0. The first-order valence-corrected chi connectivity index (χ1v) is 4.58. The maximum Gasteiger partial charge on any atom is 0.248 e. The van der Waals surface area contributed by atoms with Crippen molar-refractivity contribution in [2.75, 3.05) is 0 Å². The second-order valence-electron chi connectivity index (χ2n) is 4.26. The maximum absolute atomic E-state index is 12.8. The van der Waals surface area contributed by atoms with E-state index in [0.717, 1.165) is 6.42 Å². The zero-order chi connectivity index (χ0) is 8.82. The van der Waals surface area contributed by atoms with Gasteiger partial charge in [0, 0.05) is 12.8 Å². The Balaban J connectivity index is 1.96. The number of alkyl halides is 2. The molecule has 68 valence electrons. The summed E-state index contributed by atoms with van der Waals surface area (Å²) in [6.45, 7) is 3.72. The summed E-state index contributed by atoms with van der Waals surface area (Å²) in [5, 5.41) is 0. The molecule has 2 rings (SSSR count). The van der Waals surface area contributed by atoms with Gasteiger partial charge in [0.2, 0.25) is 5.92 Å². The van der Waals surface area contributed by atoms with Crippen molar-refractivity contribution in [1.29, 1.82) is 0 Å². The molecule has 0 N–H and O–H groups in total. The van der Waals surface area contributed by atoms with E-state index in [-0.39, 0.29) is 18.3 Å². The maximum atomic E-state index is 12.8. The van der Waals surface area contributed by atoms with E-state index in [9.17, 15) is 8.78 Å². The number of hydrogen-bond donors (Lipinski definition) is 0. The molecule has 0 radical (unpaired) electrons. The fourth-order valence-corrected chi connectivity index (χ4v) is 2.40. The molecule has 2 aliphatic rings. The lowest BCUT2D eigenvalue weighted by molar-refractivity contribution is -0.0509. The van der Waals surface area contributed by atoms with Crippen LogP contribution < -0.4 is 0 Å². The summed E-state index contributed by atoms with van der Waals surface area (Å²) in [4.78, 5) is 0. The minimum Gasteiger partial charge on any atom is -0.207 e. The third-order valence-electron chi connectivity index (χ3n) is 3.51. The lowest BCUT2D eigenvalue weighted by Crippen LogP contribution is -2.26. The van der Waals surface area contributed by atoms with Gasteiger partial charge in [0.1, 0.15) is 0 Å². The van der Waals surface area contributed by atoms with Gasteiger partial charge in [0.15, 0.2) is 0 Å². The van der Waals surface area contributed by atoms with Gasteiger partial charge in [-0.1, -0.05) is 6.08 Å². The van der Waals surface area contributed by atoms with Crippen molar-refractivity contribution < 1.29 is 8.78 Å². The molecule has 2 saturated carbocycles. The molecule has 0 nitrogen and oxygen atoms in total. The van der Waals surface area contributed by atoms with Crippen LogP contribution in [0.1, 0.15) is 32.1 Å². The Morgan fingerprint density at radius 3 is 2.17 bits per heavy atom. The highest BCUT2D eigenvalue weighted by molar-refractivity contribution is 5.11. The Hall–Kier alpha value is -0.400. The Labute approximate surface area is 71.7 Å². The molecule has 0 saturated heterocycles. The highest BCUT2D eigenvalue weighted by Crippen LogP contribution is 2.63. The van der Waals surface area contributed by atoms with Crippen molar-refractivity contribution >= 4 is 0 Å². The molecule has 1 atom stereocenters. The summed E-state index contributed by atoms with van der Waals surface area (Å²) in [6.07, 6.45) is 4.64.